The molecule has 1 amide bonds. The second-order valence-corrected chi connectivity index (χ2v) is 6.35. The molecule has 2 aromatic rings. The standard InChI is InChI=1S/C20H23NO3/c1-14(2)20(21-19(22)12-15-6-4-3-5-7-15)16-8-9-17-18(13-16)24-11-10-23-17/h3-9,13-14,20H,10-12H2,1-2H3,(H,21,22)/t20-/m1/s1. The molecule has 4 nitrogen and oxygen atoms in total. The van der Waals surface area contributed by atoms with Gasteiger partial charge in [0.05, 0.1) is 12.5 Å². The molecule has 0 saturated carbocycles. The third-order valence-corrected chi connectivity index (χ3v) is 4.12. The number of hydrogen-bond donors (Lipinski definition) is 1. The summed E-state index contributed by atoms with van der Waals surface area (Å²) in [5, 5.41) is 3.15. The fourth-order valence-electron chi connectivity index (χ4n) is 2.89. The summed E-state index contributed by atoms with van der Waals surface area (Å²) in [6.07, 6.45) is 0.384. The predicted octanol–water partition coefficient (Wildman–Crippen LogP) is 3.51. The first kappa shape index (κ1) is 16.4. The van der Waals surface area contributed by atoms with Gasteiger partial charge in [-0.15, -0.1) is 0 Å². The molecule has 1 aliphatic heterocycles. The van der Waals surface area contributed by atoms with E-state index in [1.165, 1.54) is 0 Å². The van der Waals surface area contributed by atoms with Gasteiger partial charge in [-0.3, -0.25) is 4.79 Å². The largest absolute Gasteiger partial charge is 0.486 e. The van der Waals surface area contributed by atoms with Crippen LogP contribution in [0.25, 0.3) is 0 Å². The van der Waals surface area contributed by atoms with Crippen LogP contribution in [0.3, 0.4) is 0 Å². The molecule has 4 heteroatoms. The normalized spacial score (nSPS) is 14.3. The molecule has 0 saturated heterocycles. The third-order valence-electron chi connectivity index (χ3n) is 4.12. The van der Waals surface area contributed by atoms with Crippen molar-refractivity contribution in [2.75, 3.05) is 13.2 Å². The van der Waals surface area contributed by atoms with Crippen molar-refractivity contribution in [2.24, 2.45) is 5.92 Å². The molecular weight excluding hydrogens is 302 g/mol. The summed E-state index contributed by atoms with van der Waals surface area (Å²) in [4.78, 5) is 12.4. The van der Waals surface area contributed by atoms with Gasteiger partial charge in [-0.1, -0.05) is 50.2 Å². The molecule has 1 heterocycles. The maximum atomic E-state index is 12.4. The molecule has 24 heavy (non-hydrogen) atoms. The van der Waals surface area contributed by atoms with Gasteiger partial charge in [0.15, 0.2) is 11.5 Å². The number of hydrogen-bond acceptors (Lipinski definition) is 3. The van der Waals surface area contributed by atoms with Crippen LogP contribution in [0, 0.1) is 5.92 Å². The van der Waals surface area contributed by atoms with Crippen LogP contribution in [0.1, 0.15) is 31.0 Å². The van der Waals surface area contributed by atoms with Gasteiger partial charge in [0.25, 0.3) is 0 Å². The van der Waals surface area contributed by atoms with Crippen molar-refractivity contribution in [2.45, 2.75) is 26.3 Å². The maximum absolute atomic E-state index is 12.4. The topological polar surface area (TPSA) is 47.6 Å². The Balaban J connectivity index is 1.74. The Hall–Kier alpha value is -2.49. The molecule has 0 radical (unpaired) electrons. The van der Waals surface area contributed by atoms with Gasteiger partial charge in [0.1, 0.15) is 13.2 Å². The van der Waals surface area contributed by atoms with E-state index in [-0.39, 0.29) is 17.9 Å². The van der Waals surface area contributed by atoms with Crippen LogP contribution in [0.15, 0.2) is 48.5 Å². The van der Waals surface area contributed by atoms with Crippen molar-refractivity contribution >= 4 is 5.91 Å². The Kier molecular flexibility index (Phi) is 5.04. The summed E-state index contributed by atoms with van der Waals surface area (Å²) in [5.41, 5.74) is 2.05. The van der Waals surface area contributed by atoms with Crippen molar-refractivity contribution in [3.05, 3.63) is 59.7 Å². The number of ether oxygens (including phenoxy) is 2. The van der Waals surface area contributed by atoms with E-state index in [9.17, 15) is 4.79 Å². The lowest BCUT2D eigenvalue weighted by Crippen LogP contribution is -2.33. The third kappa shape index (κ3) is 3.88. The molecule has 1 aliphatic rings. The van der Waals surface area contributed by atoms with Gasteiger partial charge in [-0.25, -0.2) is 0 Å². The highest BCUT2D eigenvalue weighted by Gasteiger charge is 2.21. The molecule has 126 valence electrons. The number of amides is 1. The first-order valence-corrected chi connectivity index (χ1v) is 8.36. The van der Waals surface area contributed by atoms with E-state index < -0.39 is 0 Å². The lowest BCUT2D eigenvalue weighted by atomic mass is 9.95. The average Bonchev–Trinajstić information content (AvgIpc) is 2.60. The maximum Gasteiger partial charge on any atom is 0.224 e. The zero-order chi connectivity index (χ0) is 16.9. The fraction of sp³-hybridized carbons (Fsp3) is 0.350. The smallest absolute Gasteiger partial charge is 0.224 e. The van der Waals surface area contributed by atoms with E-state index in [1.807, 2.05) is 48.5 Å². The number of carbonyl (C=O) groups is 1. The summed E-state index contributed by atoms with van der Waals surface area (Å²) in [6.45, 7) is 5.34. The minimum atomic E-state index is -0.0583. The molecule has 0 bridgehead atoms. The number of rotatable bonds is 5. The summed E-state index contributed by atoms with van der Waals surface area (Å²) in [5.74, 6) is 1.81. The minimum absolute atomic E-state index is 0.0230. The zero-order valence-corrected chi connectivity index (χ0v) is 14.1. The quantitative estimate of drug-likeness (QED) is 0.915. The van der Waals surface area contributed by atoms with Crippen molar-refractivity contribution in [1.29, 1.82) is 0 Å². The molecule has 0 unspecified atom stereocenters. The predicted molar refractivity (Wildman–Crippen MR) is 93.3 cm³/mol. The fourth-order valence-corrected chi connectivity index (χ4v) is 2.89. The van der Waals surface area contributed by atoms with Crippen LogP contribution in [-0.2, 0) is 11.2 Å². The van der Waals surface area contributed by atoms with E-state index in [1.54, 1.807) is 0 Å². The highest BCUT2D eigenvalue weighted by molar-refractivity contribution is 5.79. The van der Waals surface area contributed by atoms with Gasteiger partial charge < -0.3 is 14.8 Å². The van der Waals surface area contributed by atoms with E-state index >= 15 is 0 Å². The van der Waals surface area contributed by atoms with Crippen molar-refractivity contribution in [3.63, 3.8) is 0 Å². The van der Waals surface area contributed by atoms with E-state index in [2.05, 4.69) is 19.2 Å². The molecule has 1 atom stereocenters. The van der Waals surface area contributed by atoms with Crippen LogP contribution in [0.2, 0.25) is 0 Å². The van der Waals surface area contributed by atoms with Crippen molar-refractivity contribution in [1.82, 2.24) is 5.32 Å². The Bertz CT molecular complexity index is 697. The average molecular weight is 325 g/mol. The van der Waals surface area contributed by atoms with E-state index in [0.29, 0.717) is 19.6 Å². The summed E-state index contributed by atoms with van der Waals surface area (Å²) < 4.78 is 11.2. The Morgan fingerprint density at radius 2 is 1.75 bits per heavy atom. The van der Waals surface area contributed by atoms with Crippen LogP contribution in [0.5, 0.6) is 11.5 Å². The molecule has 0 fully saturated rings. The number of carbonyl (C=O) groups excluding carboxylic acids is 1. The SMILES string of the molecule is CC(C)[C@@H](NC(=O)Cc1ccccc1)c1ccc2c(c1)OCCO2. The highest BCUT2D eigenvalue weighted by atomic mass is 16.6. The second-order valence-electron chi connectivity index (χ2n) is 6.35. The first-order chi connectivity index (χ1) is 11.6. The zero-order valence-electron chi connectivity index (χ0n) is 14.1. The van der Waals surface area contributed by atoms with Gasteiger partial charge in [0.2, 0.25) is 5.91 Å². The summed E-state index contributed by atoms with van der Waals surface area (Å²) in [7, 11) is 0. The molecule has 0 spiro atoms. The molecule has 1 N–H and O–H groups in total. The molecule has 2 aromatic carbocycles. The Morgan fingerprint density at radius 3 is 2.46 bits per heavy atom. The molecule has 0 aromatic heterocycles. The lowest BCUT2D eigenvalue weighted by molar-refractivity contribution is -0.121. The first-order valence-electron chi connectivity index (χ1n) is 8.36. The molecule has 0 aliphatic carbocycles. The van der Waals surface area contributed by atoms with Gasteiger partial charge in [0, 0.05) is 0 Å². The molecular formula is C20H23NO3. The van der Waals surface area contributed by atoms with Gasteiger partial charge >= 0.3 is 0 Å². The summed E-state index contributed by atoms with van der Waals surface area (Å²) >= 11 is 0. The highest BCUT2D eigenvalue weighted by Crippen LogP contribution is 2.34. The monoisotopic (exact) mass is 325 g/mol. The van der Waals surface area contributed by atoms with E-state index in [0.717, 1.165) is 22.6 Å². The Labute approximate surface area is 142 Å². The number of fused-ring (bicyclic) bond motifs is 1. The minimum Gasteiger partial charge on any atom is -0.486 e. The van der Waals surface area contributed by atoms with Crippen LogP contribution in [0.4, 0.5) is 0 Å². The van der Waals surface area contributed by atoms with Crippen molar-refractivity contribution < 1.29 is 14.3 Å². The number of benzene rings is 2. The number of nitrogens with one attached hydrogen (secondary N) is 1. The summed E-state index contributed by atoms with van der Waals surface area (Å²) in [6, 6.07) is 15.6. The second kappa shape index (κ2) is 7.39. The van der Waals surface area contributed by atoms with Crippen molar-refractivity contribution in [3.8, 4) is 11.5 Å². The van der Waals surface area contributed by atoms with Crippen LogP contribution in [-0.4, -0.2) is 19.1 Å². The van der Waals surface area contributed by atoms with E-state index in [4.69, 9.17) is 9.47 Å². The Morgan fingerprint density at radius 1 is 1.04 bits per heavy atom. The molecule has 3 rings (SSSR count). The van der Waals surface area contributed by atoms with Crippen LogP contribution < -0.4 is 14.8 Å². The van der Waals surface area contributed by atoms with Gasteiger partial charge in [-0.2, -0.15) is 0 Å². The van der Waals surface area contributed by atoms with Crippen LogP contribution >= 0.6 is 0 Å². The lowest BCUT2D eigenvalue weighted by Gasteiger charge is -2.25. The van der Waals surface area contributed by atoms with Gasteiger partial charge in [-0.05, 0) is 29.2 Å².